The van der Waals surface area contributed by atoms with Gasteiger partial charge >= 0.3 is 0 Å². The third-order valence-corrected chi connectivity index (χ3v) is 1.56. The van der Waals surface area contributed by atoms with Crippen molar-refractivity contribution in [3.8, 4) is 0 Å². The van der Waals surface area contributed by atoms with Gasteiger partial charge in [-0.3, -0.25) is 10.1 Å². The van der Waals surface area contributed by atoms with Crippen molar-refractivity contribution in [3.05, 3.63) is 0 Å². The molecule has 0 spiro atoms. The van der Waals surface area contributed by atoms with Crippen LogP contribution >= 0.6 is 0 Å². The molecular weight excluding hydrogens is 134 g/mol. The standard InChI is InChI=1S/C6H11NO3/c1-6(9)2-5(7-3-6)10-4-8/h4-5,7,9H,2-3H2,1H3/t5-,6-/m1/s1. The van der Waals surface area contributed by atoms with Gasteiger partial charge in [-0.25, -0.2) is 0 Å². The lowest BCUT2D eigenvalue weighted by Gasteiger charge is -2.12. The van der Waals surface area contributed by atoms with Gasteiger partial charge in [0.05, 0.1) is 5.60 Å². The van der Waals surface area contributed by atoms with E-state index in [0.717, 1.165) is 0 Å². The number of carbonyl (C=O) groups excluding carboxylic acids is 1. The highest BCUT2D eigenvalue weighted by atomic mass is 16.5. The summed E-state index contributed by atoms with van der Waals surface area (Å²) in [6.45, 7) is 2.57. The molecule has 1 aliphatic rings. The Morgan fingerprint density at radius 1 is 1.90 bits per heavy atom. The molecule has 1 saturated heterocycles. The molecule has 4 nitrogen and oxygen atoms in total. The molecule has 58 valence electrons. The maximum Gasteiger partial charge on any atom is 0.294 e. The first-order valence-electron chi connectivity index (χ1n) is 3.19. The second-order valence-corrected chi connectivity index (χ2v) is 2.80. The normalized spacial score (nSPS) is 39.6. The summed E-state index contributed by atoms with van der Waals surface area (Å²) in [5.74, 6) is 0. The average Bonchev–Trinajstić information content (AvgIpc) is 2.12. The molecule has 10 heavy (non-hydrogen) atoms. The molecule has 1 aliphatic heterocycles. The van der Waals surface area contributed by atoms with Gasteiger partial charge in [-0.05, 0) is 6.92 Å². The number of hydrogen-bond donors (Lipinski definition) is 2. The zero-order valence-electron chi connectivity index (χ0n) is 5.83. The smallest absolute Gasteiger partial charge is 0.294 e. The Kier molecular flexibility index (Phi) is 1.92. The Morgan fingerprint density at radius 3 is 3.00 bits per heavy atom. The van der Waals surface area contributed by atoms with Gasteiger partial charge in [0.25, 0.3) is 6.47 Å². The van der Waals surface area contributed by atoms with Crippen LogP contribution in [0.15, 0.2) is 0 Å². The first-order chi connectivity index (χ1) is 4.64. The van der Waals surface area contributed by atoms with Crippen molar-refractivity contribution >= 4 is 6.47 Å². The predicted molar refractivity (Wildman–Crippen MR) is 34.2 cm³/mol. The van der Waals surface area contributed by atoms with Crippen molar-refractivity contribution < 1.29 is 14.6 Å². The van der Waals surface area contributed by atoms with E-state index in [1.807, 2.05) is 0 Å². The molecule has 1 rings (SSSR count). The molecule has 1 heterocycles. The third kappa shape index (κ3) is 1.68. The van der Waals surface area contributed by atoms with E-state index in [9.17, 15) is 9.90 Å². The number of nitrogens with one attached hydrogen (secondary N) is 1. The van der Waals surface area contributed by atoms with Crippen molar-refractivity contribution in [1.29, 1.82) is 0 Å². The lowest BCUT2D eigenvalue weighted by molar-refractivity contribution is -0.134. The predicted octanol–water partition coefficient (Wildman–Crippen LogP) is -0.770. The molecule has 0 aromatic heterocycles. The van der Waals surface area contributed by atoms with Gasteiger partial charge in [0.2, 0.25) is 0 Å². The molecule has 2 atom stereocenters. The Morgan fingerprint density at radius 2 is 2.60 bits per heavy atom. The molecule has 4 heteroatoms. The second kappa shape index (κ2) is 2.56. The van der Waals surface area contributed by atoms with Crippen LogP contribution in [-0.2, 0) is 9.53 Å². The molecule has 0 unspecified atom stereocenters. The lowest BCUT2D eigenvalue weighted by Crippen LogP contribution is -2.26. The summed E-state index contributed by atoms with van der Waals surface area (Å²) in [5, 5.41) is 12.2. The second-order valence-electron chi connectivity index (χ2n) is 2.80. The quantitative estimate of drug-likeness (QED) is 0.501. The summed E-state index contributed by atoms with van der Waals surface area (Å²) in [5.41, 5.74) is -0.728. The van der Waals surface area contributed by atoms with Crippen molar-refractivity contribution in [2.24, 2.45) is 0 Å². The summed E-state index contributed by atoms with van der Waals surface area (Å²) in [6, 6.07) is 0. The van der Waals surface area contributed by atoms with Crippen LogP contribution in [0.2, 0.25) is 0 Å². The monoisotopic (exact) mass is 145 g/mol. The SMILES string of the molecule is C[C@]1(O)CN[C@H](OC=O)C1. The van der Waals surface area contributed by atoms with Gasteiger partial charge in [-0.1, -0.05) is 0 Å². The number of aliphatic hydroxyl groups is 1. The largest absolute Gasteiger partial charge is 0.449 e. The number of rotatable bonds is 2. The Hall–Kier alpha value is -0.610. The summed E-state index contributed by atoms with van der Waals surface area (Å²) in [6.07, 6.45) is 0.152. The van der Waals surface area contributed by atoms with Crippen LogP contribution < -0.4 is 5.32 Å². The topological polar surface area (TPSA) is 58.6 Å². The fourth-order valence-corrected chi connectivity index (χ4v) is 1.04. The zero-order chi connectivity index (χ0) is 7.61. The van der Waals surface area contributed by atoms with Gasteiger partial charge in [0.15, 0.2) is 6.23 Å². The first kappa shape index (κ1) is 7.50. The third-order valence-electron chi connectivity index (χ3n) is 1.56. The molecule has 0 radical (unpaired) electrons. The van der Waals surface area contributed by atoms with Crippen LogP contribution in [0.5, 0.6) is 0 Å². The van der Waals surface area contributed by atoms with Crippen molar-refractivity contribution in [2.75, 3.05) is 6.54 Å². The minimum atomic E-state index is -0.728. The Labute approximate surface area is 59.2 Å². The van der Waals surface area contributed by atoms with Crippen LogP contribution in [-0.4, -0.2) is 30.0 Å². The minimum Gasteiger partial charge on any atom is -0.449 e. The lowest BCUT2D eigenvalue weighted by atomic mass is 10.1. The van der Waals surface area contributed by atoms with Crippen molar-refractivity contribution in [2.45, 2.75) is 25.2 Å². The van der Waals surface area contributed by atoms with Gasteiger partial charge < -0.3 is 9.84 Å². The van der Waals surface area contributed by atoms with E-state index in [-0.39, 0.29) is 6.23 Å². The van der Waals surface area contributed by atoms with Crippen LogP contribution in [0.1, 0.15) is 13.3 Å². The van der Waals surface area contributed by atoms with E-state index in [1.165, 1.54) is 0 Å². The van der Waals surface area contributed by atoms with Crippen LogP contribution in [0.3, 0.4) is 0 Å². The first-order valence-corrected chi connectivity index (χ1v) is 3.19. The van der Waals surface area contributed by atoms with Crippen LogP contribution in [0.4, 0.5) is 0 Å². The molecule has 0 amide bonds. The van der Waals surface area contributed by atoms with Gasteiger partial charge in [-0.15, -0.1) is 0 Å². The maximum atomic E-state index is 9.83. The van der Waals surface area contributed by atoms with E-state index in [1.54, 1.807) is 6.92 Å². The van der Waals surface area contributed by atoms with Crippen molar-refractivity contribution in [1.82, 2.24) is 5.32 Å². The highest BCUT2D eigenvalue weighted by molar-refractivity contribution is 5.37. The molecule has 2 N–H and O–H groups in total. The maximum absolute atomic E-state index is 9.83. The molecule has 0 aromatic carbocycles. The van der Waals surface area contributed by atoms with E-state index < -0.39 is 5.60 Å². The number of β-amino-alcohol motifs (C(OH)–C–C–N with tert-alkyl or cyclic N) is 1. The highest BCUT2D eigenvalue weighted by Crippen LogP contribution is 2.17. The number of ether oxygens (including phenoxy) is 1. The minimum absolute atomic E-state index is 0.313. The molecule has 0 aromatic rings. The Bertz CT molecular complexity index is 135. The summed E-state index contributed by atoms with van der Waals surface area (Å²) >= 11 is 0. The molecule has 0 aliphatic carbocycles. The van der Waals surface area contributed by atoms with Gasteiger partial charge in [0, 0.05) is 13.0 Å². The highest BCUT2D eigenvalue weighted by Gasteiger charge is 2.33. The van der Waals surface area contributed by atoms with Crippen molar-refractivity contribution in [3.63, 3.8) is 0 Å². The average molecular weight is 145 g/mol. The van der Waals surface area contributed by atoms with Gasteiger partial charge in [-0.2, -0.15) is 0 Å². The summed E-state index contributed by atoms with van der Waals surface area (Å²) < 4.78 is 4.59. The molecule has 0 saturated carbocycles. The zero-order valence-corrected chi connectivity index (χ0v) is 5.83. The summed E-state index contributed by atoms with van der Waals surface area (Å²) in [7, 11) is 0. The van der Waals surface area contributed by atoms with E-state index in [4.69, 9.17) is 0 Å². The fraction of sp³-hybridized carbons (Fsp3) is 0.833. The Balaban J connectivity index is 2.35. The molecule has 0 bridgehead atoms. The molecule has 1 fully saturated rings. The van der Waals surface area contributed by atoms with Crippen LogP contribution in [0.25, 0.3) is 0 Å². The van der Waals surface area contributed by atoms with Gasteiger partial charge in [0.1, 0.15) is 0 Å². The number of carbonyl (C=O) groups is 1. The fourth-order valence-electron chi connectivity index (χ4n) is 1.04. The molecular formula is C6H11NO3. The van der Waals surface area contributed by atoms with E-state index in [2.05, 4.69) is 10.1 Å². The van der Waals surface area contributed by atoms with Crippen LogP contribution in [0, 0.1) is 0 Å². The number of hydrogen-bond acceptors (Lipinski definition) is 4. The van der Waals surface area contributed by atoms with E-state index >= 15 is 0 Å². The summed E-state index contributed by atoms with van der Waals surface area (Å²) in [4.78, 5) is 9.83. The van der Waals surface area contributed by atoms with E-state index in [0.29, 0.717) is 19.4 Å².